The van der Waals surface area contributed by atoms with Crippen LogP contribution in [0, 0.1) is 33.8 Å². The van der Waals surface area contributed by atoms with Crippen molar-refractivity contribution in [3.63, 3.8) is 0 Å². The first-order chi connectivity index (χ1) is 12.1. The van der Waals surface area contributed by atoms with Crippen LogP contribution in [0.15, 0.2) is 48.6 Å². The van der Waals surface area contributed by atoms with Crippen molar-refractivity contribution in [3.05, 3.63) is 58.7 Å². The molecule has 1 unspecified atom stereocenters. The maximum atomic E-state index is 13.0. The molecule has 1 heterocycles. The summed E-state index contributed by atoms with van der Waals surface area (Å²) in [7, 11) is 0. The second-order valence-electron chi connectivity index (χ2n) is 7.08. The number of benzene rings is 2. The Morgan fingerprint density at radius 3 is 2.52 bits per heavy atom. The van der Waals surface area contributed by atoms with Gasteiger partial charge in [0.25, 0.3) is 5.69 Å². The average Bonchev–Trinajstić information content (AvgIpc) is 3.28. The van der Waals surface area contributed by atoms with E-state index in [4.69, 9.17) is 0 Å². The molecule has 2 bridgehead atoms. The maximum Gasteiger partial charge on any atom is 0.277 e. The number of carbonyl (C=O) groups is 1. The Bertz CT molecular complexity index is 954. The first-order valence-electron chi connectivity index (χ1n) is 8.43. The number of aliphatic hydroxyl groups excluding tert-OH is 1. The number of nitro groups is 1. The number of aliphatic hydroxyl groups is 1. The standard InChI is InChI=1S/C19H16N2O4/c22-18-16-10-5-6-11(9-10)17(16)19(23)20(18)14-7-8-15(21(24)25)13-4-2-1-3-12(13)14/h1-8,10-11,16-18,22H,9H2/t10-,11+,16-,17+,18?/m0/s1. The van der Waals surface area contributed by atoms with Crippen molar-refractivity contribution in [2.75, 3.05) is 4.90 Å². The van der Waals surface area contributed by atoms with E-state index >= 15 is 0 Å². The summed E-state index contributed by atoms with van der Waals surface area (Å²) < 4.78 is 0. The molecule has 25 heavy (non-hydrogen) atoms. The van der Waals surface area contributed by atoms with Gasteiger partial charge in [-0.15, -0.1) is 0 Å². The summed E-state index contributed by atoms with van der Waals surface area (Å²) in [4.78, 5) is 25.4. The summed E-state index contributed by atoms with van der Waals surface area (Å²) in [6, 6.07) is 9.96. The Morgan fingerprint density at radius 1 is 1.08 bits per heavy atom. The minimum atomic E-state index is -0.887. The highest BCUT2D eigenvalue weighted by Gasteiger charge is 2.59. The molecule has 0 radical (unpaired) electrons. The lowest BCUT2D eigenvalue weighted by molar-refractivity contribution is -0.383. The Labute approximate surface area is 143 Å². The number of hydrogen-bond donors (Lipinski definition) is 1. The van der Waals surface area contributed by atoms with Crippen molar-refractivity contribution < 1.29 is 14.8 Å². The second kappa shape index (κ2) is 4.89. The van der Waals surface area contributed by atoms with E-state index in [1.807, 2.05) is 0 Å². The predicted octanol–water partition coefficient (Wildman–Crippen LogP) is 2.85. The van der Waals surface area contributed by atoms with Crippen LogP contribution in [0.25, 0.3) is 10.8 Å². The van der Waals surface area contributed by atoms with Gasteiger partial charge in [-0.05, 0) is 30.4 Å². The maximum absolute atomic E-state index is 13.0. The first kappa shape index (κ1) is 14.6. The number of hydrogen-bond acceptors (Lipinski definition) is 4. The molecule has 1 N–H and O–H groups in total. The fourth-order valence-electron chi connectivity index (χ4n) is 4.98. The summed E-state index contributed by atoms with van der Waals surface area (Å²) in [6.45, 7) is 0. The molecule has 0 spiro atoms. The highest BCUT2D eigenvalue weighted by atomic mass is 16.6. The lowest BCUT2D eigenvalue weighted by Crippen LogP contribution is -2.37. The summed E-state index contributed by atoms with van der Waals surface area (Å²) >= 11 is 0. The molecule has 6 nitrogen and oxygen atoms in total. The van der Waals surface area contributed by atoms with Gasteiger partial charge in [0, 0.05) is 17.4 Å². The Hall–Kier alpha value is -2.73. The smallest absolute Gasteiger partial charge is 0.277 e. The molecular formula is C19H16N2O4. The Kier molecular flexibility index (Phi) is 2.86. The van der Waals surface area contributed by atoms with Crippen LogP contribution in [0.5, 0.6) is 0 Å². The molecule has 1 saturated heterocycles. The van der Waals surface area contributed by atoms with Gasteiger partial charge < -0.3 is 5.11 Å². The first-order valence-corrected chi connectivity index (χ1v) is 8.43. The van der Waals surface area contributed by atoms with Crippen LogP contribution in [0.4, 0.5) is 11.4 Å². The van der Waals surface area contributed by atoms with Crippen molar-refractivity contribution in [1.29, 1.82) is 0 Å². The molecule has 5 atom stereocenters. The van der Waals surface area contributed by atoms with Crippen molar-refractivity contribution in [2.24, 2.45) is 23.7 Å². The van der Waals surface area contributed by atoms with Crippen LogP contribution in [0.1, 0.15) is 6.42 Å². The van der Waals surface area contributed by atoms with E-state index in [1.54, 1.807) is 30.3 Å². The minimum absolute atomic E-state index is 0.00224. The zero-order valence-electron chi connectivity index (χ0n) is 13.3. The van der Waals surface area contributed by atoms with E-state index in [0.717, 1.165) is 6.42 Å². The van der Waals surface area contributed by atoms with E-state index in [1.165, 1.54) is 11.0 Å². The molecule has 0 aromatic heterocycles. The lowest BCUT2D eigenvalue weighted by Gasteiger charge is -2.26. The third-order valence-corrected chi connectivity index (χ3v) is 5.99. The van der Waals surface area contributed by atoms with Crippen LogP contribution in [-0.2, 0) is 4.79 Å². The van der Waals surface area contributed by atoms with Gasteiger partial charge in [0.15, 0.2) is 0 Å². The Morgan fingerprint density at radius 2 is 1.80 bits per heavy atom. The van der Waals surface area contributed by atoms with Crippen molar-refractivity contribution in [1.82, 2.24) is 0 Å². The van der Waals surface area contributed by atoms with Crippen LogP contribution in [-0.4, -0.2) is 22.2 Å². The van der Waals surface area contributed by atoms with E-state index < -0.39 is 11.2 Å². The average molecular weight is 336 g/mol. The summed E-state index contributed by atoms with van der Waals surface area (Å²) in [5.74, 6) is 0.0958. The van der Waals surface area contributed by atoms with Gasteiger partial charge >= 0.3 is 0 Å². The molecule has 126 valence electrons. The SMILES string of the molecule is O=C1[C@H]2[C@@H](C(O)N1c1ccc([N+](=O)[O-])c3ccccc13)[C@H]1C=C[C@@H]2C1. The molecule has 6 heteroatoms. The zero-order valence-corrected chi connectivity index (χ0v) is 13.3. The number of anilines is 1. The van der Waals surface area contributed by atoms with Crippen molar-refractivity contribution in [2.45, 2.75) is 12.6 Å². The highest BCUT2D eigenvalue weighted by molar-refractivity contribution is 6.08. The summed E-state index contributed by atoms with van der Waals surface area (Å²) in [5, 5.41) is 23.3. The summed E-state index contributed by atoms with van der Waals surface area (Å²) in [5.41, 5.74) is 0.551. The molecular weight excluding hydrogens is 320 g/mol. The van der Waals surface area contributed by atoms with Gasteiger partial charge in [0.1, 0.15) is 6.23 Å². The fraction of sp³-hybridized carbons (Fsp3) is 0.316. The third kappa shape index (κ3) is 1.80. The topological polar surface area (TPSA) is 83.7 Å². The molecule has 2 aliphatic carbocycles. The molecule has 2 aromatic rings. The molecule has 1 saturated carbocycles. The number of amides is 1. The van der Waals surface area contributed by atoms with E-state index in [0.29, 0.717) is 16.5 Å². The van der Waals surface area contributed by atoms with Crippen LogP contribution < -0.4 is 4.90 Å². The van der Waals surface area contributed by atoms with Gasteiger partial charge in [-0.1, -0.05) is 30.4 Å². The number of fused-ring (bicyclic) bond motifs is 6. The van der Waals surface area contributed by atoms with Gasteiger partial charge in [-0.2, -0.15) is 0 Å². The quantitative estimate of drug-likeness (QED) is 0.519. The number of nitro benzene ring substituents is 1. The van der Waals surface area contributed by atoms with E-state index in [-0.39, 0.29) is 35.3 Å². The fourth-order valence-corrected chi connectivity index (χ4v) is 4.98. The largest absolute Gasteiger partial charge is 0.373 e. The van der Waals surface area contributed by atoms with Crippen LogP contribution >= 0.6 is 0 Å². The number of rotatable bonds is 2. The number of nitrogens with zero attached hydrogens (tertiary/aromatic N) is 2. The molecule has 2 fully saturated rings. The molecule has 3 aliphatic rings. The molecule has 1 amide bonds. The normalized spacial score (nSPS) is 32.6. The molecule has 1 aliphatic heterocycles. The third-order valence-electron chi connectivity index (χ3n) is 5.99. The lowest BCUT2D eigenvalue weighted by atomic mass is 9.85. The number of carbonyl (C=O) groups excluding carboxylic acids is 1. The van der Waals surface area contributed by atoms with Gasteiger partial charge in [-0.25, -0.2) is 0 Å². The van der Waals surface area contributed by atoms with Gasteiger partial charge in [-0.3, -0.25) is 19.8 Å². The van der Waals surface area contributed by atoms with Crippen molar-refractivity contribution >= 4 is 28.1 Å². The van der Waals surface area contributed by atoms with Crippen molar-refractivity contribution in [3.8, 4) is 0 Å². The summed E-state index contributed by atoms with van der Waals surface area (Å²) in [6.07, 6.45) is 4.25. The monoisotopic (exact) mass is 336 g/mol. The number of allylic oxidation sites excluding steroid dienone is 2. The zero-order chi connectivity index (χ0) is 17.3. The molecule has 5 rings (SSSR count). The second-order valence-corrected chi connectivity index (χ2v) is 7.08. The minimum Gasteiger partial charge on any atom is -0.373 e. The molecule has 2 aromatic carbocycles. The van der Waals surface area contributed by atoms with Gasteiger partial charge in [0.05, 0.1) is 21.9 Å². The highest BCUT2D eigenvalue weighted by Crippen LogP contribution is 2.55. The van der Waals surface area contributed by atoms with Gasteiger partial charge in [0.2, 0.25) is 5.91 Å². The van der Waals surface area contributed by atoms with Crippen LogP contribution in [0.2, 0.25) is 0 Å². The van der Waals surface area contributed by atoms with Crippen LogP contribution in [0.3, 0.4) is 0 Å². The predicted molar refractivity (Wildman–Crippen MR) is 91.8 cm³/mol. The number of non-ortho nitro benzene ring substituents is 1. The van der Waals surface area contributed by atoms with E-state index in [2.05, 4.69) is 12.2 Å². The van der Waals surface area contributed by atoms with E-state index in [9.17, 15) is 20.0 Å². The Balaban J connectivity index is 1.66.